The maximum absolute atomic E-state index is 10.5. The van der Waals surface area contributed by atoms with Crippen molar-refractivity contribution in [2.75, 3.05) is 0 Å². The van der Waals surface area contributed by atoms with Gasteiger partial charge in [0.05, 0.1) is 0 Å². The molecular formula is C10H14NO5P. The standard InChI is InChI=1S/C10H13NO3.HO2P/c1-6-4-7(2-3-9(6)12)5-8(11)10(13)14;1-3-2/h2-4,8,12H,5,11H2,1H3,(H,13,14);(H,1,2)/t8-;/m0./s1. The molecule has 1 rings (SSSR count). The highest BCUT2D eigenvalue weighted by Gasteiger charge is 2.12. The zero-order valence-electron chi connectivity index (χ0n) is 9.20. The lowest BCUT2D eigenvalue weighted by atomic mass is 10.0. The van der Waals surface area contributed by atoms with Crippen LogP contribution >= 0.6 is 8.69 Å². The van der Waals surface area contributed by atoms with Crippen LogP contribution in [0.4, 0.5) is 0 Å². The molecule has 0 heterocycles. The van der Waals surface area contributed by atoms with E-state index in [9.17, 15) is 9.90 Å². The van der Waals surface area contributed by atoms with Crippen molar-refractivity contribution in [1.82, 2.24) is 0 Å². The van der Waals surface area contributed by atoms with Gasteiger partial charge in [0.25, 0.3) is 0 Å². The first-order valence-electron chi connectivity index (χ1n) is 4.66. The van der Waals surface area contributed by atoms with Gasteiger partial charge < -0.3 is 20.8 Å². The number of hydrogen-bond acceptors (Lipinski definition) is 4. The Morgan fingerprint density at radius 2 is 2.06 bits per heavy atom. The van der Waals surface area contributed by atoms with Gasteiger partial charge in [-0.2, -0.15) is 0 Å². The molecule has 1 aromatic carbocycles. The number of hydrogen-bond donors (Lipinski definition) is 4. The highest BCUT2D eigenvalue weighted by atomic mass is 31.1. The molecule has 0 aromatic heterocycles. The molecule has 5 N–H and O–H groups in total. The van der Waals surface area contributed by atoms with E-state index in [-0.39, 0.29) is 12.2 Å². The van der Waals surface area contributed by atoms with Crippen molar-refractivity contribution < 1.29 is 24.5 Å². The fraction of sp³-hybridized carbons (Fsp3) is 0.300. The largest absolute Gasteiger partial charge is 0.508 e. The summed E-state index contributed by atoms with van der Waals surface area (Å²) in [5.74, 6) is -0.812. The maximum atomic E-state index is 10.5. The maximum Gasteiger partial charge on any atom is 0.324 e. The first kappa shape index (κ1) is 15.5. The molecule has 1 aromatic rings. The molecule has 0 amide bonds. The van der Waals surface area contributed by atoms with E-state index in [2.05, 4.69) is 0 Å². The third kappa shape index (κ3) is 5.97. The third-order valence-electron chi connectivity index (χ3n) is 2.03. The van der Waals surface area contributed by atoms with E-state index in [0.29, 0.717) is 0 Å². The van der Waals surface area contributed by atoms with E-state index in [0.717, 1.165) is 11.1 Å². The van der Waals surface area contributed by atoms with E-state index in [1.807, 2.05) is 0 Å². The second kappa shape index (κ2) is 7.73. The number of rotatable bonds is 3. The molecule has 0 aliphatic heterocycles. The molecule has 0 fully saturated rings. The lowest BCUT2D eigenvalue weighted by Gasteiger charge is -2.07. The Balaban J connectivity index is 0.000000770. The van der Waals surface area contributed by atoms with Crippen LogP contribution in [0.5, 0.6) is 5.75 Å². The fourth-order valence-electron chi connectivity index (χ4n) is 1.19. The molecule has 0 aliphatic rings. The topological polar surface area (TPSA) is 121 Å². The number of carboxylic acid groups (broad SMARTS) is 1. The van der Waals surface area contributed by atoms with Crippen LogP contribution in [0.3, 0.4) is 0 Å². The van der Waals surface area contributed by atoms with Crippen molar-refractivity contribution in [3.63, 3.8) is 0 Å². The summed E-state index contributed by atoms with van der Waals surface area (Å²) in [5, 5.41) is 17.8. The summed E-state index contributed by atoms with van der Waals surface area (Å²) in [5.41, 5.74) is 6.91. The minimum atomic E-state index is -1.02. The van der Waals surface area contributed by atoms with Gasteiger partial charge in [-0.15, -0.1) is 0 Å². The highest BCUT2D eigenvalue weighted by molar-refractivity contribution is 7.16. The lowest BCUT2D eigenvalue weighted by Crippen LogP contribution is -2.32. The Bertz CT molecular complexity index is 396. The number of aryl methyl sites for hydroxylation is 1. The average molecular weight is 259 g/mol. The van der Waals surface area contributed by atoms with Crippen molar-refractivity contribution >= 4 is 14.7 Å². The van der Waals surface area contributed by atoms with Crippen LogP contribution in [0, 0.1) is 6.92 Å². The summed E-state index contributed by atoms with van der Waals surface area (Å²) in [4.78, 5) is 17.5. The quantitative estimate of drug-likeness (QED) is 0.597. The number of aliphatic carboxylic acids is 1. The highest BCUT2D eigenvalue weighted by Crippen LogP contribution is 2.17. The smallest absolute Gasteiger partial charge is 0.324 e. The first-order valence-corrected chi connectivity index (χ1v) is 5.42. The number of benzene rings is 1. The average Bonchev–Trinajstić information content (AvgIpc) is 2.24. The molecule has 0 saturated carbocycles. The van der Waals surface area contributed by atoms with Gasteiger partial charge in [0.1, 0.15) is 11.8 Å². The van der Waals surface area contributed by atoms with Gasteiger partial charge in [-0.05, 0) is 30.5 Å². The van der Waals surface area contributed by atoms with Gasteiger partial charge in [0.2, 0.25) is 0 Å². The van der Waals surface area contributed by atoms with Crippen LogP contribution in [0.2, 0.25) is 0 Å². The van der Waals surface area contributed by atoms with E-state index < -0.39 is 20.7 Å². The summed E-state index contributed by atoms with van der Waals surface area (Å²) in [6.45, 7) is 1.76. The van der Waals surface area contributed by atoms with Crippen LogP contribution in [0.1, 0.15) is 11.1 Å². The second-order valence-corrected chi connectivity index (χ2v) is 3.51. The van der Waals surface area contributed by atoms with Gasteiger partial charge in [-0.3, -0.25) is 4.79 Å². The van der Waals surface area contributed by atoms with E-state index in [1.54, 1.807) is 25.1 Å². The Morgan fingerprint density at radius 1 is 1.53 bits per heavy atom. The van der Waals surface area contributed by atoms with E-state index in [1.165, 1.54) is 0 Å². The molecule has 0 radical (unpaired) electrons. The zero-order chi connectivity index (χ0) is 13.4. The molecule has 0 saturated heterocycles. The van der Waals surface area contributed by atoms with Gasteiger partial charge >= 0.3 is 14.7 Å². The number of phenolic OH excluding ortho intramolecular Hbond substituents is 1. The summed E-state index contributed by atoms with van der Waals surface area (Å²) in [6, 6.07) is 4.06. The van der Waals surface area contributed by atoms with Crippen LogP contribution in [-0.2, 0) is 15.8 Å². The van der Waals surface area contributed by atoms with E-state index >= 15 is 0 Å². The third-order valence-corrected chi connectivity index (χ3v) is 2.03. The Kier molecular flexibility index (Phi) is 7.05. The second-order valence-electron chi connectivity index (χ2n) is 3.35. The lowest BCUT2D eigenvalue weighted by molar-refractivity contribution is -0.138. The molecule has 0 aliphatic carbocycles. The molecule has 0 spiro atoms. The summed E-state index contributed by atoms with van der Waals surface area (Å²) < 4.78 is 8.46. The molecule has 17 heavy (non-hydrogen) atoms. The van der Waals surface area contributed by atoms with Gasteiger partial charge in [-0.25, -0.2) is 4.57 Å². The van der Waals surface area contributed by atoms with Gasteiger partial charge in [0, 0.05) is 0 Å². The monoisotopic (exact) mass is 259 g/mol. The predicted molar refractivity (Wildman–Crippen MR) is 62.0 cm³/mol. The van der Waals surface area contributed by atoms with Crippen molar-refractivity contribution in [2.24, 2.45) is 5.73 Å². The van der Waals surface area contributed by atoms with Crippen molar-refractivity contribution in [3.8, 4) is 5.75 Å². The number of aromatic hydroxyl groups is 1. The van der Waals surface area contributed by atoms with Gasteiger partial charge in [-0.1, -0.05) is 12.1 Å². The predicted octanol–water partition coefficient (Wildman–Crippen LogP) is 0.840. The minimum absolute atomic E-state index is 0.206. The normalized spacial score (nSPS) is 11.5. The van der Waals surface area contributed by atoms with Crippen LogP contribution in [0.25, 0.3) is 0 Å². The van der Waals surface area contributed by atoms with Crippen LogP contribution in [0.15, 0.2) is 18.2 Å². The summed E-state index contributed by atoms with van der Waals surface area (Å²) in [7, 11) is -0.833. The fourth-order valence-corrected chi connectivity index (χ4v) is 1.19. The van der Waals surface area contributed by atoms with Crippen molar-refractivity contribution in [3.05, 3.63) is 29.3 Å². The van der Waals surface area contributed by atoms with Crippen LogP contribution < -0.4 is 5.73 Å². The summed E-state index contributed by atoms with van der Waals surface area (Å²) >= 11 is 0. The number of nitrogens with two attached hydrogens (primary N) is 1. The number of carbonyl (C=O) groups is 1. The number of carboxylic acids is 1. The Hall–Kier alpha value is -1.49. The first-order chi connectivity index (χ1) is 7.92. The van der Waals surface area contributed by atoms with Crippen molar-refractivity contribution in [2.45, 2.75) is 19.4 Å². The Labute approximate surface area is 100.0 Å². The zero-order valence-corrected chi connectivity index (χ0v) is 10.1. The molecule has 6 nitrogen and oxygen atoms in total. The molecule has 7 heteroatoms. The number of phenols is 1. The molecule has 94 valence electrons. The molecular weight excluding hydrogens is 245 g/mol. The SMILES string of the molecule is Cc1cc(C[C@H](N)C(=O)O)ccc1O.O=PO. The minimum Gasteiger partial charge on any atom is -0.508 e. The molecule has 1 atom stereocenters. The molecule has 0 unspecified atom stereocenters. The molecule has 0 bridgehead atoms. The summed E-state index contributed by atoms with van der Waals surface area (Å²) in [6.07, 6.45) is 0.274. The Morgan fingerprint density at radius 3 is 2.47 bits per heavy atom. The van der Waals surface area contributed by atoms with Crippen molar-refractivity contribution in [1.29, 1.82) is 0 Å². The van der Waals surface area contributed by atoms with Crippen LogP contribution in [-0.4, -0.2) is 27.1 Å². The van der Waals surface area contributed by atoms with Gasteiger partial charge in [0.15, 0.2) is 0 Å². The van der Waals surface area contributed by atoms with E-state index in [4.69, 9.17) is 20.3 Å².